The first kappa shape index (κ1) is 21.4. The smallest absolute Gasteiger partial charge is 0.340 e. The van der Waals surface area contributed by atoms with Crippen LogP contribution in [0.4, 0.5) is 11.4 Å². The van der Waals surface area contributed by atoms with E-state index in [0.717, 1.165) is 16.1 Å². The molecule has 150 valence electrons. The summed E-state index contributed by atoms with van der Waals surface area (Å²) >= 11 is 0. The topological polar surface area (TPSA) is 92.8 Å². The lowest BCUT2D eigenvalue weighted by molar-refractivity contribution is -0.116. The van der Waals surface area contributed by atoms with Gasteiger partial charge in [0.05, 0.1) is 29.8 Å². The molecule has 0 bridgehead atoms. The van der Waals surface area contributed by atoms with Crippen LogP contribution in [0.15, 0.2) is 48.5 Å². The maximum Gasteiger partial charge on any atom is 0.340 e. The van der Waals surface area contributed by atoms with Crippen molar-refractivity contribution in [1.82, 2.24) is 0 Å². The van der Waals surface area contributed by atoms with Gasteiger partial charge in [-0.15, -0.1) is 0 Å². The zero-order chi connectivity index (χ0) is 20.9. The first-order chi connectivity index (χ1) is 13.1. The quantitative estimate of drug-likeness (QED) is 0.716. The molecule has 7 nitrogen and oxygen atoms in total. The summed E-state index contributed by atoms with van der Waals surface area (Å²) in [6.07, 6.45) is 1.05. The van der Waals surface area contributed by atoms with Crippen LogP contribution < -0.4 is 9.62 Å². The standard InChI is InChI=1S/C20H24N2O5S/c1-5-27-20(24)17-11-6-7-12-18(17)21-19(23)15(3)22(28(4,25)26)16-10-8-9-14(2)13-16/h6-13,15H,5H2,1-4H3,(H,21,23)/t15-/m1/s1. The van der Waals surface area contributed by atoms with E-state index in [9.17, 15) is 18.0 Å². The molecule has 0 aliphatic carbocycles. The minimum absolute atomic E-state index is 0.200. The lowest BCUT2D eigenvalue weighted by atomic mass is 10.1. The van der Waals surface area contributed by atoms with Crippen molar-refractivity contribution in [3.8, 4) is 0 Å². The molecule has 0 radical (unpaired) electrons. The van der Waals surface area contributed by atoms with E-state index in [0.29, 0.717) is 5.69 Å². The molecule has 28 heavy (non-hydrogen) atoms. The minimum Gasteiger partial charge on any atom is -0.462 e. The molecule has 1 N–H and O–H groups in total. The molecule has 0 heterocycles. The Morgan fingerprint density at radius 2 is 1.82 bits per heavy atom. The summed E-state index contributed by atoms with van der Waals surface area (Å²) in [5, 5.41) is 2.64. The van der Waals surface area contributed by atoms with Gasteiger partial charge in [0.15, 0.2) is 0 Å². The molecular formula is C20H24N2O5S. The van der Waals surface area contributed by atoms with Gasteiger partial charge in [0.1, 0.15) is 6.04 Å². The maximum absolute atomic E-state index is 12.8. The van der Waals surface area contributed by atoms with Gasteiger partial charge in [-0.05, 0) is 50.6 Å². The predicted octanol–water partition coefficient (Wildman–Crippen LogP) is 2.96. The molecule has 0 aliphatic heterocycles. The zero-order valence-corrected chi connectivity index (χ0v) is 17.1. The van der Waals surface area contributed by atoms with Crippen molar-refractivity contribution in [1.29, 1.82) is 0 Å². The predicted molar refractivity (Wildman–Crippen MR) is 109 cm³/mol. The molecule has 2 aromatic rings. The molecule has 0 spiro atoms. The highest BCUT2D eigenvalue weighted by molar-refractivity contribution is 7.92. The number of para-hydroxylation sites is 1. The summed E-state index contributed by atoms with van der Waals surface area (Å²) in [6.45, 7) is 5.22. The molecular weight excluding hydrogens is 380 g/mol. The molecule has 0 fully saturated rings. The molecule has 0 saturated carbocycles. The van der Waals surface area contributed by atoms with Crippen LogP contribution in [0.5, 0.6) is 0 Å². The number of hydrogen-bond acceptors (Lipinski definition) is 5. The first-order valence-electron chi connectivity index (χ1n) is 8.78. The highest BCUT2D eigenvalue weighted by atomic mass is 32.2. The van der Waals surface area contributed by atoms with Crippen LogP contribution in [-0.2, 0) is 19.6 Å². The highest BCUT2D eigenvalue weighted by Crippen LogP contribution is 2.23. The fraction of sp³-hybridized carbons (Fsp3) is 0.300. The van der Waals surface area contributed by atoms with Gasteiger partial charge in [-0.2, -0.15) is 0 Å². The summed E-state index contributed by atoms with van der Waals surface area (Å²) in [5.74, 6) is -1.13. The van der Waals surface area contributed by atoms with Crippen molar-refractivity contribution in [2.24, 2.45) is 0 Å². The number of benzene rings is 2. The SMILES string of the molecule is CCOC(=O)c1ccccc1NC(=O)[C@@H](C)N(c1cccc(C)c1)S(C)(=O)=O. The van der Waals surface area contributed by atoms with Gasteiger partial charge < -0.3 is 10.1 Å². The van der Waals surface area contributed by atoms with Gasteiger partial charge in [-0.1, -0.05) is 24.3 Å². The number of nitrogens with zero attached hydrogens (tertiary/aromatic N) is 1. The maximum atomic E-state index is 12.8. The fourth-order valence-corrected chi connectivity index (χ4v) is 3.96. The number of carbonyl (C=O) groups excluding carboxylic acids is 2. The Morgan fingerprint density at radius 3 is 2.43 bits per heavy atom. The molecule has 0 aliphatic rings. The van der Waals surface area contributed by atoms with Gasteiger partial charge in [0.25, 0.3) is 0 Å². The van der Waals surface area contributed by atoms with E-state index in [1.807, 2.05) is 13.0 Å². The van der Waals surface area contributed by atoms with Crippen LogP contribution >= 0.6 is 0 Å². The Bertz CT molecular complexity index is 972. The Balaban J connectivity index is 2.34. The summed E-state index contributed by atoms with van der Waals surface area (Å²) in [7, 11) is -3.73. The Labute approximate surface area is 165 Å². The van der Waals surface area contributed by atoms with Crippen LogP contribution in [0, 0.1) is 6.92 Å². The highest BCUT2D eigenvalue weighted by Gasteiger charge is 2.30. The lowest BCUT2D eigenvalue weighted by Gasteiger charge is -2.28. The second-order valence-electron chi connectivity index (χ2n) is 6.33. The number of esters is 1. The van der Waals surface area contributed by atoms with Crippen LogP contribution in [0.3, 0.4) is 0 Å². The number of carbonyl (C=O) groups is 2. The number of aryl methyl sites for hydroxylation is 1. The number of nitrogens with one attached hydrogen (secondary N) is 1. The summed E-state index contributed by atoms with van der Waals surface area (Å²) < 4.78 is 30.8. The fourth-order valence-electron chi connectivity index (χ4n) is 2.79. The molecule has 1 amide bonds. The average molecular weight is 404 g/mol. The van der Waals surface area contributed by atoms with Crippen molar-refractivity contribution in [2.45, 2.75) is 26.8 Å². The minimum atomic E-state index is -3.73. The largest absolute Gasteiger partial charge is 0.462 e. The second-order valence-corrected chi connectivity index (χ2v) is 8.19. The first-order valence-corrected chi connectivity index (χ1v) is 10.6. The van der Waals surface area contributed by atoms with Crippen molar-refractivity contribution < 1.29 is 22.7 Å². The van der Waals surface area contributed by atoms with Gasteiger partial charge >= 0.3 is 5.97 Å². The Kier molecular flexibility index (Phi) is 6.80. The third kappa shape index (κ3) is 5.10. The lowest BCUT2D eigenvalue weighted by Crippen LogP contribution is -2.45. The van der Waals surface area contributed by atoms with Crippen LogP contribution in [0.1, 0.15) is 29.8 Å². The molecule has 0 unspecified atom stereocenters. The number of amides is 1. The van der Waals surface area contributed by atoms with Crippen molar-refractivity contribution in [3.63, 3.8) is 0 Å². The zero-order valence-electron chi connectivity index (χ0n) is 16.3. The van der Waals surface area contributed by atoms with Gasteiger partial charge in [-0.25, -0.2) is 13.2 Å². The average Bonchev–Trinajstić information content (AvgIpc) is 2.61. The molecule has 0 saturated heterocycles. The number of rotatable bonds is 7. The van der Waals surface area contributed by atoms with Crippen LogP contribution in [0.25, 0.3) is 0 Å². The number of hydrogen-bond donors (Lipinski definition) is 1. The van der Waals surface area contributed by atoms with E-state index in [2.05, 4.69) is 5.32 Å². The number of ether oxygens (including phenoxy) is 1. The van der Waals surface area contributed by atoms with E-state index in [4.69, 9.17) is 4.74 Å². The van der Waals surface area contributed by atoms with Gasteiger partial charge in [0.2, 0.25) is 15.9 Å². The number of anilines is 2. The molecule has 8 heteroatoms. The third-order valence-corrected chi connectivity index (χ3v) is 5.27. The normalized spacial score (nSPS) is 12.1. The molecule has 2 aromatic carbocycles. The third-order valence-electron chi connectivity index (χ3n) is 4.02. The van der Waals surface area contributed by atoms with E-state index < -0.39 is 27.9 Å². The molecule has 2 rings (SSSR count). The van der Waals surface area contributed by atoms with E-state index in [1.54, 1.807) is 43.3 Å². The summed E-state index contributed by atoms with van der Waals surface area (Å²) in [6, 6.07) is 12.3. The monoisotopic (exact) mass is 404 g/mol. The van der Waals surface area contributed by atoms with Crippen LogP contribution in [-0.4, -0.2) is 39.2 Å². The molecule has 0 aromatic heterocycles. The Morgan fingerprint density at radius 1 is 1.14 bits per heavy atom. The van der Waals surface area contributed by atoms with Crippen molar-refractivity contribution >= 4 is 33.3 Å². The summed E-state index contributed by atoms with van der Waals surface area (Å²) in [4.78, 5) is 24.9. The van der Waals surface area contributed by atoms with Gasteiger partial charge in [0, 0.05) is 0 Å². The van der Waals surface area contributed by atoms with Crippen LogP contribution in [0.2, 0.25) is 0 Å². The number of sulfonamides is 1. The summed E-state index contributed by atoms with van der Waals surface area (Å²) in [5.41, 5.74) is 1.72. The van der Waals surface area contributed by atoms with Gasteiger partial charge in [-0.3, -0.25) is 9.10 Å². The molecule has 1 atom stereocenters. The Hall–Kier alpha value is -2.87. The van der Waals surface area contributed by atoms with Crippen molar-refractivity contribution in [3.05, 3.63) is 59.7 Å². The second kappa shape index (κ2) is 8.88. The van der Waals surface area contributed by atoms with E-state index in [1.165, 1.54) is 13.0 Å². The van der Waals surface area contributed by atoms with E-state index >= 15 is 0 Å². The van der Waals surface area contributed by atoms with E-state index in [-0.39, 0.29) is 17.9 Å². The van der Waals surface area contributed by atoms with Crippen molar-refractivity contribution in [2.75, 3.05) is 22.5 Å².